The van der Waals surface area contributed by atoms with E-state index >= 15 is 4.39 Å². The van der Waals surface area contributed by atoms with Crippen LogP contribution in [0, 0.1) is 35.8 Å². The first kappa shape index (κ1) is 31.0. The van der Waals surface area contributed by atoms with Gasteiger partial charge in [0.1, 0.15) is 46.8 Å². The first-order valence-electron chi connectivity index (χ1n) is 16.6. The molecule has 250 valence electrons. The lowest BCUT2D eigenvalue weighted by atomic mass is 9.94. The standard InChI is InChI=1S/C36H36F3N5O4/c1-3-24-26(38)9-8-19-12-23(45)13-25(27(19)24)30-29(39)31-28(34(40-30)47-4-2)33(43-15-20-6-7-21(16-43)32(20)46)42-35(41-31)48-18-36-10-5-11-44(36)17-22(37)14-36/h1,8-9,12-13,20-22,32,45-46H,4-7,10-11,14-18H2,2H3/t20-,21+,22-,32-,36+/m1/s1. The van der Waals surface area contributed by atoms with Gasteiger partial charge in [-0.2, -0.15) is 9.97 Å². The number of aromatic hydroxyl groups is 1. The molecule has 3 aliphatic heterocycles. The maximum absolute atomic E-state index is 17.1. The Labute approximate surface area is 275 Å². The van der Waals surface area contributed by atoms with Crippen LogP contribution in [-0.2, 0) is 0 Å². The number of aromatic nitrogens is 3. The molecule has 12 heteroatoms. The first-order chi connectivity index (χ1) is 23.2. The number of halogens is 3. The third-order valence-electron chi connectivity index (χ3n) is 10.8. The molecule has 2 aromatic carbocycles. The number of phenolic OH excluding ortho intramolecular Hbond substituents is 1. The van der Waals surface area contributed by atoms with Crippen LogP contribution in [0.15, 0.2) is 24.3 Å². The normalized spacial score (nSPS) is 26.7. The quantitative estimate of drug-likeness (QED) is 0.254. The molecule has 1 aliphatic carbocycles. The average molecular weight is 660 g/mol. The fourth-order valence-electron chi connectivity index (χ4n) is 8.58. The Bertz CT molecular complexity index is 1970. The molecule has 48 heavy (non-hydrogen) atoms. The number of hydrogen-bond acceptors (Lipinski definition) is 9. The number of piperidine rings is 1. The van der Waals surface area contributed by atoms with Crippen molar-refractivity contribution in [1.82, 2.24) is 19.9 Å². The Morgan fingerprint density at radius 1 is 1.06 bits per heavy atom. The van der Waals surface area contributed by atoms with Crippen molar-refractivity contribution >= 4 is 27.5 Å². The van der Waals surface area contributed by atoms with E-state index < -0.39 is 29.4 Å². The molecular weight excluding hydrogens is 623 g/mol. The highest BCUT2D eigenvalue weighted by molar-refractivity contribution is 6.04. The van der Waals surface area contributed by atoms with Gasteiger partial charge >= 0.3 is 6.01 Å². The van der Waals surface area contributed by atoms with E-state index in [0.29, 0.717) is 37.3 Å². The van der Waals surface area contributed by atoms with E-state index in [1.807, 2.05) is 4.90 Å². The van der Waals surface area contributed by atoms with Crippen LogP contribution in [-0.4, -0.2) is 87.3 Å². The number of benzene rings is 2. The van der Waals surface area contributed by atoms with E-state index in [0.717, 1.165) is 32.2 Å². The summed E-state index contributed by atoms with van der Waals surface area (Å²) in [5.74, 6) is 1.11. The molecule has 4 aromatic rings. The van der Waals surface area contributed by atoms with Gasteiger partial charge in [-0.3, -0.25) is 4.90 Å². The summed E-state index contributed by atoms with van der Waals surface area (Å²) in [7, 11) is 0. The molecular formula is C36H36F3N5O4. The lowest BCUT2D eigenvalue weighted by Crippen LogP contribution is -2.45. The topological polar surface area (TPSA) is 104 Å². The molecule has 0 amide bonds. The molecule has 0 unspecified atom stereocenters. The van der Waals surface area contributed by atoms with E-state index in [9.17, 15) is 19.0 Å². The van der Waals surface area contributed by atoms with Gasteiger partial charge in [0, 0.05) is 48.8 Å². The van der Waals surface area contributed by atoms with Gasteiger partial charge in [-0.25, -0.2) is 18.2 Å². The summed E-state index contributed by atoms with van der Waals surface area (Å²) < 4.78 is 59.0. The Morgan fingerprint density at radius 3 is 2.60 bits per heavy atom. The second kappa shape index (κ2) is 11.7. The Hall–Kier alpha value is -4.34. The molecule has 8 rings (SSSR count). The van der Waals surface area contributed by atoms with Gasteiger partial charge in [0.15, 0.2) is 5.82 Å². The van der Waals surface area contributed by atoms with Gasteiger partial charge in [0.2, 0.25) is 5.88 Å². The third-order valence-corrected chi connectivity index (χ3v) is 10.8. The van der Waals surface area contributed by atoms with Crippen molar-refractivity contribution in [2.75, 3.05) is 44.3 Å². The monoisotopic (exact) mass is 659 g/mol. The SMILES string of the molecule is C#Cc1c(F)ccc2cc(O)cc(-c3nc(OCC)c4c(N5C[C@H]6CC[C@@H](C5)[C@@H]6O)nc(OC[C@@]56CCCN5C[C@H](F)C6)nc4c3F)c12. The van der Waals surface area contributed by atoms with Crippen LogP contribution in [0.2, 0.25) is 0 Å². The molecule has 3 saturated heterocycles. The van der Waals surface area contributed by atoms with Crippen LogP contribution in [0.5, 0.6) is 17.6 Å². The van der Waals surface area contributed by atoms with Crippen molar-refractivity contribution in [3.8, 4) is 41.2 Å². The summed E-state index contributed by atoms with van der Waals surface area (Å²) in [6, 6.07) is 5.29. The van der Waals surface area contributed by atoms with E-state index in [-0.39, 0.29) is 75.8 Å². The fourth-order valence-corrected chi connectivity index (χ4v) is 8.58. The highest BCUT2D eigenvalue weighted by atomic mass is 19.1. The van der Waals surface area contributed by atoms with Crippen LogP contribution >= 0.6 is 0 Å². The molecule has 5 heterocycles. The first-order valence-corrected chi connectivity index (χ1v) is 16.6. The highest BCUT2D eigenvalue weighted by Gasteiger charge is 2.49. The van der Waals surface area contributed by atoms with Gasteiger partial charge in [0.25, 0.3) is 0 Å². The smallest absolute Gasteiger partial charge is 0.319 e. The number of aliphatic hydroxyl groups excluding tert-OH is 1. The summed E-state index contributed by atoms with van der Waals surface area (Å²) in [6.07, 6.45) is 8.12. The largest absolute Gasteiger partial charge is 0.508 e. The van der Waals surface area contributed by atoms with Gasteiger partial charge in [-0.05, 0) is 62.7 Å². The zero-order valence-electron chi connectivity index (χ0n) is 26.6. The average Bonchev–Trinajstić information content (AvgIpc) is 3.65. The number of ether oxygens (including phenoxy) is 2. The predicted molar refractivity (Wildman–Crippen MR) is 174 cm³/mol. The van der Waals surface area contributed by atoms with Crippen LogP contribution < -0.4 is 14.4 Å². The Kier molecular flexibility index (Phi) is 7.53. The maximum atomic E-state index is 17.1. The minimum atomic E-state index is -0.952. The zero-order chi connectivity index (χ0) is 33.3. The highest BCUT2D eigenvalue weighted by Crippen LogP contribution is 2.45. The molecule has 2 N–H and O–H groups in total. The van der Waals surface area contributed by atoms with E-state index in [4.69, 9.17) is 20.9 Å². The van der Waals surface area contributed by atoms with Crippen LogP contribution in [0.3, 0.4) is 0 Å². The van der Waals surface area contributed by atoms with Crippen LogP contribution in [0.4, 0.5) is 19.0 Å². The number of terminal acetylenes is 1. The number of nitrogens with zero attached hydrogens (tertiary/aromatic N) is 5. The predicted octanol–water partition coefficient (Wildman–Crippen LogP) is 5.37. The number of alkyl halides is 1. The summed E-state index contributed by atoms with van der Waals surface area (Å²) in [5.41, 5.74) is -0.886. The van der Waals surface area contributed by atoms with Crippen molar-refractivity contribution in [3.05, 3.63) is 41.5 Å². The molecule has 1 saturated carbocycles. The zero-order valence-corrected chi connectivity index (χ0v) is 26.6. The number of anilines is 1. The lowest BCUT2D eigenvalue weighted by Gasteiger charge is -2.37. The second-order valence-electron chi connectivity index (χ2n) is 13.6. The minimum absolute atomic E-state index is 0.0207. The third kappa shape index (κ3) is 4.89. The summed E-state index contributed by atoms with van der Waals surface area (Å²) in [5, 5.41) is 22.3. The van der Waals surface area contributed by atoms with Crippen molar-refractivity contribution in [2.24, 2.45) is 11.8 Å². The van der Waals surface area contributed by atoms with Gasteiger partial charge in [-0.1, -0.05) is 12.0 Å². The minimum Gasteiger partial charge on any atom is -0.508 e. The number of aliphatic hydroxyl groups is 1. The number of hydrogen-bond donors (Lipinski definition) is 2. The summed E-state index contributed by atoms with van der Waals surface area (Å²) in [4.78, 5) is 18.2. The molecule has 0 radical (unpaired) electrons. The van der Waals surface area contributed by atoms with Crippen molar-refractivity contribution in [1.29, 1.82) is 0 Å². The molecule has 2 aromatic heterocycles. The summed E-state index contributed by atoms with van der Waals surface area (Å²) >= 11 is 0. The van der Waals surface area contributed by atoms with E-state index in [1.165, 1.54) is 24.3 Å². The fraction of sp³-hybridized carbons (Fsp3) is 0.472. The molecule has 0 spiro atoms. The molecule has 4 aliphatic rings. The van der Waals surface area contributed by atoms with Crippen LogP contribution in [0.1, 0.15) is 44.6 Å². The van der Waals surface area contributed by atoms with Crippen molar-refractivity contribution in [2.45, 2.75) is 56.8 Å². The summed E-state index contributed by atoms with van der Waals surface area (Å²) in [6.45, 7) is 4.21. The molecule has 9 nitrogen and oxygen atoms in total. The number of pyridine rings is 1. The number of rotatable bonds is 7. The van der Waals surface area contributed by atoms with Crippen molar-refractivity contribution < 1.29 is 32.9 Å². The molecule has 4 fully saturated rings. The van der Waals surface area contributed by atoms with Crippen LogP contribution in [0.25, 0.3) is 32.9 Å². The van der Waals surface area contributed by atoms with E-state index in [2.05, 4.69) is 20.8 Å². The Morgan fingerprint density at radius 2 is 1.85 bits per heavy atom. The number of phenols is 1. The second-order valence-corrected chi connectivity index (χ2v) is 13.6. The Balaban J connectivity index is 1.33. The van der Waals surface area contributed by atoms with E-state index in [1.54, 1.807) is 6.92 Å². The maximum Gasteiger partial charge on any atom is 0.319 e. The van der Waals surface area contributed by atoms with Gasteiger partial charge < -0.3 is 24.6 Å². The lowest BCUT2D eigenvalue weighted by molar-refractivity contribution is 0.0789. The van der Waals surface area contributed by atoms with Crippen molar-refractivity contribution in [3.63, 3.8) is 0 Å². The molecule has 2 bridgehead atoms. The van der Waals surface area contributed by atoms with Gasteiger partial charge in [-0.15, -0.1) is 6.42 Å². The van der Waals surface area contributed by atoms with Gasteiger partial charge in [0.05, 0.1) is 23.8 Å². The molecule has 5 atom stereocenters. The number of fused-ring (bicyclic) bond motifs is 5.